The smallest absolute Gasteiger partial charge is 0.410 e. The first-order valence-corrected chi connectivity index (χ1v) is 10.9. The molecule has 2 heterocycles. The van der Waals surface area contributed by atoms with Gasteiger partial charge < -0.3 is 25.0 Å². The number of carbonyl (C=O) groups excluding carboxylic acids is 2. The van der Waals surface area contributed by atoms with Crippen molar-refractivity contribution >= 4 is 12.0 Å². The molecule has 0 unspecified atom stereocenters. The van der Waals surface area contributed by atoms with Crippen LogP contribution in [-0.2, 0) is 16.0 Å². The van der Waals surface area contributed by atoms with Gasteiger partial charge in [-0.2, -0.15) is 0 Å². The molecule has 0 saturated carbocycles. The van der Waals surface area contributed by atoms with Crippen LogP contribution in [0.4, 0.5) is 4.79 Å². The summed E-state index contributed by atoms with van der Waals surface area (Å²) < 4.78 is 11.4. The normalized spacial score (nSPS) is 24.5. The Hall–Kier alpha value is -2.12. The van der Waals surface area contributed by atoms with E-state index in [1.807, 2.05) is 49.9 Å². The number of nitrogens with one attached hydrogen (secondary N) is 2. The van der Waals surface area contributed by atoms with Crippen LogP contribution in [0.5, 0.6) is 0 Å². The molecule has 2 aliphatic heterocycles. The molecule has 0 radical (unpaired) electrons. The second-order valence-corrected chi connectivity index (χ2v) is 9.18. The monoisotopic (exact) mass is 417 g/mol. The Balaban J connectivity index is 1.66. The zero-order valence-corrected chi connectivity index (χ0v) is 18.6. The van der Waals surface area contributed by atoms with Crippen LogP contribution in [0.3, 0.4) is 0 Å². The molecule has 2 N–H and O–H groups in total. The minimum absolute atomic E-state index is 0.0836. The molecule has 1 aromatic carbocycles. The number of hydrogen-bond donors (Lipinski definition) is 2. The van der Waals surface area contributed by atoms with Crippen molar-refractivity contribution < 1.29 is 19.1 Å². The summed E-state index contributed by atoms with van der Waals surface area (Å²) >= 11 is 0. The summed E-state index contributed by atoms with van der Waals surface area (Å²) in [5, 5.41) is 6.33. The number of benzene rings is 1. The lowest BCUT2D eigenvalue weighted by Gasteiger charge is -2.40. The highest BCUT2D eigenvalue weighted by atomic mass is 16.6. The molecule has 2 aliphatic rings. The zero-order chi connectivity index (χ0) is 21.7. The molecule has 0 bridgehead atoms. The molecule has 2 amide bonds. The van der Waals surface area contributed by atoms with Crippen molar-refractivity contribution in [2.75, 3.05) is 26.8 Å². The van der Waals surface area contributed by atoms with Crippen molar-refractivity contribution in [3.8, 4) is 0 Å². The van der Waals surface area contributed by atoms with Gasteiger partial charge in [0.1, 0.15) is 5.60 Å². The van der Waals surface area contributed by atoms with Crippen molar-refractivity contribution in [2.45, 2.75) is 64.3 Å². The zero-order valence-electron chi connectivity index (χ0n) is 18.6. The third-order valence-corrected chi connectivity index (χ3v) is 5.81. The SMILES string of the molecule is CNC(=O)c1cccc(CN[C@@H]2CCOC[C@H]2[C@H]2CCCN2C(=O)OC(C)(C)C)c1. The third kappa shape index (κ3) is 5.73. The molecule has 7 nitrogen and oxygen atoms in total. The van der Waals surface area contributed by atoms with Crippen molar-refractivity contribution in [1.29, 1.82) is 0 Å². The van der Waals surface area contributed by atoms with Crippen LogP contribution < -0.4 is 10.6 Å². The highest BCUT2D eigenvalue weighted by molar-refractivity contribution is 5.94. The average molecular weight is 418 g/mol. The predicted molar refractivity (Wildman–Crippen MR) is 115 cm³/mol. The number of amides is 2. The number of rotatable bonds is 5. The molecule has 2 fully saturated rings. The van der Waals surface area contributed by atoms with E-state index in [0.29, 0.717) is 25.3 Å². The summed E-state index contributed by atoms with van der Waals surface area (Å²) in [4.78, 5) is 26.5. The van der Waals surface area contributed by atoms with E-state index in [2.05, 4.69) is 10.6 Å². The second-order valence-electron chi connectivity index (χ2n) is 9.18. The molecule has 7 heteroatoms. The van der Waals surface area contributed by atoms with Crippen LogP contribution in [0.25, 0.3) is 0 Å². The second kappa shape index (κ2) is 9.79. The van der Waals surface area contributed by atoms with Gasteiger partial charge in [-0.3, -0.25) is 4.79 Å². The fraction of sp³-hybridized carbons (Fsp3) is 0.652. The molecule has 1 aromatic rings. The Labute approximate surface area is 179 Å². The molecule has 0 spiro atoms. The minimum atomic E-state index is -0.499. The number of likely N-dealkylation sites (tertiary alicyclic amines) is 1. The van der Waals surface area contributed by atoms with E-state index in [-0.39, 0.29) is 30.0 Å². The van der Waals surface area contributed by atoms with E-state index in [0.717, 1.165) is 31.4 Å². The van der Waals surface area contributed by atoms with E-state index in [1.165, 1.54) is 0 Å². The largest absolute Gasteiger partial charge is 0.444 e. The van der Waals surface area contributed by atoms with Crippen LogP contribution in [-0.4, -0.2) is 61.4 Å². The Morgan fingerprint density at radius 3 is 2.80 bits per heavy atom. The summed E-state index contributed by atoms with van der Waals surface area (Å²) in [5.41, 5.74) is 1.23. The van der Waals surface area contributed by atoms with Crippen LogP contribution >= 0.6 is 0 Å². The molecule has 166 valence electrons. The summed E-state index contributed by atoms with van der Waals surface area (Å²) in [7, 11) is 1.64. The van der Waals surface area contributed by atoms with Crippen LogP contribution in [0, 0.1) is 5.92 Å². The fourth-order valence-electron chi connectivity index (χ4n) is 4.39. The average Bonchev–Trinajstić information content (AvgIpc) is 3.21. The van der Waals surface area contributed by atoms with Crippen molar-refractivity contribution in [3.63, 3.8) is 0 Å². The van der Waals surface area contributed by atoms with Crippen LogP contribution in [0.15, 0.2) is 24.3 Å². The maximum Gasteiger partial charge on any atom is 0.410 e. The Morgan fingerprint density at radius 1 is 1.27 bits per heavy atom. The first kappa shape index (κ1) is 22.6. The summed E-state index contributed by atoms with van der Waals surface area (Å²) in [5.74, 6) is 0.135. The van der Waals surface area contributed by atoms with Gasteiger partial charge in [0.05, 0.1) is 6.61 Å². The lowest BCUT2D eigenvalue weighted by atomic mass is 9.87. The lowest BCUT2D eigenvalue weighted by molar-refractivity contribution is -0.0168. The molecule has 0 aromatic heterocycles. The van der Waals surface area contributed by atoms with Gasteiger partial charge in [0.15, 0.2) is 0 Å². The van der Waals surface area contributed by atoms with Crippen molar-refractivity contribution in [3.05, 3.63) is 35.4 Å². The van der Waals surface area contributed by atoms with E-state index >= 15 is 0 Å². The first-order valence-electron chi connectivity index (χ1n) is 10.9. The van der Waals surface area contributed by atoms with E-state index in [4.69, 9.17) is 9.47 Å². The number of hydrogen-bond acceptors (Lipinski definition) is 5. The van der Waals surface area contributed by atoms with Gasteiger partial charge in [-0.15, -0.1) is 0 Å². The predicted octanol–water partition coefficient (Wildman–Crippen LogP) is 2.94. The summed E-state index contributed by atoms with van der Waals surface area (Å²) in [6.45, 7) is 8.46. The molecule has 3 atom stereocenters. The third-order valence-electron chi connectivity index (χ3n) is 5.81. The van der Waals surface area contributed by atoms with Gasteiger partial charge in [0.2, 0.25) is 0 Å². The van der Waals surface area contributed by atoms with Gasteiger partial charge in [-0.05, 0) is 57.7 Å². The highest BCUT2D eigenvalue weighted by Gasteiger charge is 2.41. The molecule has 30 heavy (non-hydrogen) atoms. The van der Waals surface area contributed by atoms with Gasteiger partial charge in [0.25, 0.3) is 5.91 Å². The topological polar surface area (TPSA) is 79.9 Å². The summed E-state index contributed by atoms with van der Waals surface area (Å²) in [6.07, 6.45) is 2.63. The number of carbonyl (C=O) groups is 2. The summed E-state index contributed by atoms with van der Waals surface area (Å²) in [6, 6.07) is 8.03. The fourth-order valence-corrected chi connectivity index (χ4v) is 4.39. The van der Waals surface area contributed by atoms with E-state index in [1.54, 1.807) is 7.05 Å². The quantitative estimate of drug-likeness (QED) is 0.770. The Kier molecular flexibility index (Phi) is 7.36. The molecular formula is C23H35N3O4. The molecule has 3 rings (SSSR count). The van der Waals surface area contributed by atoms with Crippen molar-refractivity contribution in [1.82, 2.24) is 15.5 Å². The first-order chi connectivity index (χ1) is 14.3. The minimum Gasteiger partial charge on any atom is -0.444 e. The van der Waals surface area contributed by atoms with Gasteiger partial charge in [-0.1, -0.05) is 12.1 Å². The van der Waals surface area contributed by atoms with Gasteiger partial charge in [-0.25, -0.2) is 4.79 Å². The van der Waals surface area contributed by atoms with Gasteiger partial charge >= 0.3 is 6.09 Å². The van der Waals surface area contributed by atoms with E-state index < -0.39 is 5.60 Å². The Morgan fingerprint density at radius 2 is 2.07 bits per heavy atom. The Bertz CT molecular complexity index is 746. The molecule has 2 saturated heterocycles. The van der Waals surface area contributed by atoms with Crippen LogP contribution in [0.2, 0.25) is 0 Å². The van der Waals surface area contributed by atoms with Crippen molar-refractivity contribution in [2.24, 2.45) is 5.92 Å². The van der Waals surface area contributed by atoms with Crippen LogP contribution in [0.1, 0.15) is 56.0 Å². The molecule has 0 aliphatic carbocycles. The van der Waals surface area contributed by atoms with E-state index in [9.17, 15) is 9.59 Å². The lowest BCUT2D eigenvalue weighted by Crippen LogP contribution is -2.53. The standard InChI is InChI=1S/C23H35N3O4/c1-23(2,3)30-22(28)26-11-6-9-20(26)18-15-29-12-10-19(18)25-14-16-7-5-8-17(13-16)21(27)24-4/h5,7-8,13,18-20,25H,6,9-12,14-15H2,1-4H3,(H,24,27)/t18-,19-,20-/m1/s1. The maximum atomic E-state index is 12.7. The van der Waals surface area contributed by atoms with Gasteiger partial charge in [0, 0.05) is 50.3 Å². The number of ether oxygens (including phenoxy) is 2. The molecular weight excluding hydrogens is 382 g/mol. The maximum absolute atomic E-state index is 12.7. The number of nitrogens with zero attached hydrogens (tertiary/aromatic N) is 1. The highest BCUT2D eigenvalue weighted by Crippen LogP contribution is 2.31.